The van der Waals surface area contributed by atoms with Crippen LogP contribution in [0.5, 0.6) is 5.75 Å². The lowest BCUT2D eigenvalue weighted by Gasteiger charge is -2.63. The average Bonchev–Trinajstić information content (AvgIpc) is 3.98. The summed E-state index contributed by atoms with van der Waals surface area (Å²) < 4.78 is 11.6. The Morgan fingerprint density at radius 3 is 2.63 bits per heavy atom. The normalized spacial score (nSPS) is 29.8. The highest BCUT2D eigenvalue weighted by Gasteiger charge is 2.78. The molecule has 1 saturated carbocycles. The maximum absolute atomic E-state index is 14.7. The highest BCUT2D eigenvalue weighted by atomic mass is 33.1. The first kappa shape index (κ1) is 45.8. The second kappa shape index (κ2) is 18.1. The maximum atomic E-state index is 14.7. The van der Waals surface area contributed by atoms with Gasteiger partial charge in [0, 0.05) is 95.3 Å². The molecule has 3 fully saturated rings. The SMILES string of the molecule is CCC1(O)CCCN(CCc2c(C(C)c3cc4c(cc3OC)N(C)[C@H]3C(O)(C(=O)NNC(=O)OCCSSc5ccccn5)[C@H](O)[C@]5(CC)C=CCN6CC[C@]43[C@@H]65)[nH]c3ccccc23)C1. The van der Waals surface area contributed by atoms with Gasteiger partial charge >= 0.3 is 6.09 Å². The number of β-amino-alcohol motifs (C(OH)–C–C–N with tert-alkyl or cyclic N) is 1. The summed E-state index contributed by atoms with van der Waals surface area (Å²) in [5, 5.41) is 39.1. The number of aliphatic hydroxyl groups excluding tert-OH is 1. The topological polar surface area (TPSA) is 176 Å². The zero-order valence-electron chi connectivity index (χ0n) is 38.0. The van der Waals surface area contributed by atoms with Gasteiger partial charge in [0.25, 0.3) is 5.91 Å². The van der Waals surface area contributed by atoms with Crippen LogP contribution in [0.15, 0.2) is 78.0 Å². The van der Waals surface area contributed by atoms with Crippen molar-refractivity contribution in [3.8, 4) is 5.75 Å². The Balaban J connectivity index is 1.04. The van der Waals surface area contributed by atoms with E-state index >= 15 is 0 Å². The number of hydrogen-bond donors (Lipinski definition) is 6. The number of aromatic amines is 1. The molecule has 348 valence electrons. The molecule has 0 radical (unpaired) electrons. The monoisotopic (exact) mass is 925 g/mol. The number of nitrogens with one attached hydrogen (secondary N) is 3. The van der Waals surface area contributed by atoms with Gasteiger partial charge in [-0.25, -0.2) is 15.2 Å². The number of hydrogen-bond acceptors (Lipinski definition) is 13. The van der Waals surface area contributed by atoms with E-state index in [1.54, 1.807) is 13.3 Å². The number of fused-ring (bicyclic) bond motifs is 2. The summed E-state index contributed by atoms with van der Waals surface area (Å²) in [6.45, 7) is 10.2. The third kappa shape index (κ3) is 7.60. The molecule has 2 aromatic carbocycles. The molecule has 9 rings (SSSR count). The quantitative estimate of drug-likeness (QED) is 0.0382. The van der Waals surface area contributed by atoms with E-state index in [4.69, 9.17) is 9.47 Å². The van der Waals surface area contributed by atoms with Crippen molar-refractivity contribution in [2.75, 3.05) is 64.1 Å². The van der Waals surface area contributed by atoms with Crippen LogP contribution in [0.2, 0.25) is 0 Å². The number of methoxy groups -OCH3 is 1. The summed E-state index contributed by atoms with van der Waals surface area (Å²) >= 11 is 0. The molecule has 4 aromatic rings. The molecule has 2 aromatic heterocycles. The highest BCUT2D eigenvalue weighted by Crippen LogP contribution is 2.67. The smallest absolute Gasteiger partial charge is 0.426 e. The molecule has 65 heavy (non-hydrogen) atoms. The molecule has 0 bridgehead atoms. The summed E-state index contributed by atoms with van der Waals surface area (Å²) in [6.07, 6.45) is 7.83. The molecule has 2 saturated heterocycles. The number of nitrogens with zero attached hydrogens (tertiary/aromatic N) is 4. The number of ether oxygens (including phenoxy) is 2. The number of likely N-dealkylation sites (tertiary alicyclic amines) is 1. The molecule has 6 heterocycles. The lowest BCUT2D eigenvalue weighted by atomic mass is 9.47. The van der Waals surface area contributed by atoms with Gasteiger partial charge in [-0.15, -0.1) is 0 Å². The minimum atomic E-state index is -2.39. The molecule has 4 aliphatic heterocycles. The predicted molar refractivity (Wildman–Crippen MR) is 255 cm³/mol. The van der Waals surface area contributed by atoms with E-state index in [0.29, 0.717) is 44.0 Å². The predicted octanol–water partition coefficient (Wildman–Crippen LogP) is 5.90. The summed E-state index contributed by atoms with van der Waals surface area (Å²) in [4.78, 5) is 42.5. The second-order valence-corrected chi connectivity index (χ2v) is 21.1. The highest BCUT2D eigenvalue weighted by molar-refractivity contribution is 8.76. The van der Waals surface area contributed by atoms with Crippen molar-refractivity contribution in [3.63, 3.8) is 0 Å². The Labute approximate surface area is 389 Å². The number of anilines is 1. The zero-order chi connectivity index (χ0) is 45.7. The van der Waals surface area contributed by atoms with E-state index in [0.717, 1.165) is 71.8 Å². The number of carbonyl (C=O) groups excluding carboxylic acids is 2. The van der Waals surface area contributed by atoms with Crippen LogP contribution in [0.3, 0.4) is 0 Å². The number of H-pyrrole nitrogens is 1. The van der Waals surface area contributed by atoms with E-state index in [1.807, 2.05) is 55.3 Å². The first-order valence-corrected chi connectivity index (χ1v) is 25.4. The van der Waals surface area contributed by atoms with Crippen molar-refractivity contribution in [2.24, 2.45) is 5.41 Å². The zero-order valence-corrected chi connectivity index (χ0v) is 39.6. The van der Waals surface area contributed by atoms with Crippen LogP contribution in [0, 0.1) is 5.41 Å². The Morgan fingerprint density at radius 1 is 1.05 bits per heavy atom. The van der Waals surface area contributed by atoms with Crippen LogP contribution < -0.4 is 20.5 Å². The Morgan fingerprint density at radius 2 is 1.86 bits per heavy atom. The summed E-state index contributed by atoms with van der Waals surface area (Å²) in [7, 11) is 6.51. The largest absolute Gasteiger partial charge is 0.496 e. The number of piperidine rings is 1. The van der Waals surface area contributed by atoms with Crippen molar-refractivity contribution >= 4 is 50.2 Å². The molecule has 2 amide bonds. The third-order valence-electron chi connectivity index (χ3n) is 15.5. The van der Waals surface area contributed by atoms with Gasteiger partial charge in [-0.05, 0) is 97.8 Å². The molecule has 8 atom stereocenters. The number of hydrazine groups is 1. The van der Waals surface area contributed by atoms with Gasteiger partial charge in [0.2, 0.25) is 0 Å². The first-order valence-electron chi connectivity index (χ1n) is 23.1. The Kier molecular flexibility index (Phi) is 12.7. The fraction of sp³-hybridized carbons (Fsp3) is 0.531. The van der Waals surface area contributed by atoms with Crippen molar-refractivity contribution < 1.29 is 34.4 Å². The van der Waals surface area contributed by atoms with Crippen molar-refractivity contribution in [2.45, 2.75) is 105 Å². The van der Waals surface area contributed by atoms with E-state index in [-0.39, 0.29) is 18.6 Å². The Hall–Kier alpha value is -4.29. The molecule has 14 nitrogen and oxygen atoms in total. The lowest BCUT2D eigenvalue weighted by molar-refractivity contribution is -0.204. The molecule has 16 heteroatoms. The summed E-state index contributed by atoms with van der Waals surface area (Å²) in [5.41, 5.74) is 6.19. The number of likely N-dealkylation sites (N-methyl/N-ethyl adjacent to an activating group) is 1. The van der Waals surface area contributed by atoms with Gasteiger partial charge in [-0.2, -0.15) is 0 Å². The van der Waals surface area contributed by atoms with Crippen LogP contribution in [-0.4, -0.2) is 136 Å². The van der Waals surface area contributed by atoms with Crippen molar-refractivity contribution in [1.29, 1.82) is 0 Å². The van der Waals surface area contributed by atoms with E-state index < -0.39 is 46.2 Å². The number of aliphatic hydroxyl groups is 3. The average molecular weight is 926 g/mol. The molecule has 6 N–H and O–H groups in total. The molecular weight excluding hydrogens is 863 g/mol. The fourth-order valence-corrected chi connectivity index (χ4v) is 14.2. The lowest BCUT2D eigenvalue weighted by Crippen LogP contribution is -2.82. The number of amides is 2. The molecule has 1 aliphatic carbocycles. The minimum Gasteiger partial charge on any atom is -0.496 e. The van der Waals surface area contributed by atoms with Gasteiger partial charge in [-0.1, -0.05) is 68.0 Å². The van der Waals surface area contributed by atoms with Crippen molar-refractivity contribution in [1.82, 2.24) is 30.6 Å². The van der Waals surface area contributed by atoms with E-state index in [1.165, 1.54) is 32.5 Å². The van der Waals surface area contributed by atoms with E-state index in [2.05, 4.69) is 74.8 Å². The van der Waals surface area contributed by atoms with Crippen LogP contribution in [0.4, 0.5) is 10.5 Å². The van der Waals surface area contributed by atoms with Crippen molar-refractivity contribution in [3.05, 3.63) is 95.3 Å². The Bertz CT molecular complexity index is 2440. The number of pyridine rings is 1. The van der Waals surface area contributed by atoms with Gasteiger partial charge < -0.3 is 39.6 Å². The number of rotatable bonds is 14. The molecular formula is C49H63N7O7S2. The standard InChI is InChI=1S/C49H63N7O7S2/c1-6-46(60)18-12-22-55(30-46)24-17-33-32-14-8-9-15-36(32)51-40(33)31(3)34-28-35-37(29-38(34)62-5)54(4)42-48(35)20-25-56-23-13-19-47(7-2,41(48)56)43(57)49(42,61)44(58)52-53-45(59)63-26-27-64-65-39-16-10-11-21-50-39/h8-11,13-16,19,21,28-29,31,41-43,51,57,60-61H,6-7,12,17-18,20,22-27,30H2,1-5H3,(H,52,58)(H,53,59)/t31?,41-,42+,43+,46?,47+,48+,49?/m0/s1. The summed E-state index contributed by atoms with van der Waals surface area (Å²) in [6, 6.07) is 17.2. The van der Waals surface area contributed by atoms with Crippen LogP contribution in [0.25, 0.3) is 10.9 Å². The minimum absolute atomic E-state index is 0.0779. The van der Waals surface area contributed by atoms with Gasteiger partial charge in [-0.3, -0.25) is 15.1 Å². The second-order valence-electron chi connectivity index (χ2n) is 18.7. The molecule has 3 unspecified atom stereocenters. The first-order chi connectivity index (χ1) is 31.3. The third-order valence-corrected chi connectivity index (χ3v) is 17.8. The molecule has 5 aliphatic rings. The van der Waals surface area contributed by atoms with Gasteiger partial charge in [0.1, 0.15) is 23.5 Å². The van der Waals surface area contributed by atoms with Crippen LogP contribution >= 0.6 is 21.6 Å². The number of aromatic nitrogens is 2. The van der Waals surface area contributed by atoms with Crippen LogP contribution in [0.1, 0.15) is 81.2 Å². The maximum Gasteiger partial charge on any atom is 0.426 e. The van der Waals surface area contributed by atoms with E-state index in [9.17, 15) is 24.9 Å². The molecule has 1 spiro atoms. The number of benzene rings is 2. The van der Waals surface area contributed by atoms with Gasteiger partial charge in [0.15, 0.2) is 5.60 Å². The fourth-order valence-electron chi connectivity index (χ4n) is 12.5. The summed E-state index contributed by atoms with van der Waals surface area (Å²) in [5.74, 6) is 0.104. The number of carbonyl (C=O) groups is 2. The van der Waals surface area contributed by atoms with Crippen LogP contribution in [-0.2, 0) is 21.4 Å². The van der Waals surface area contributed by atoms with Gasteiger partial charge in [0.05, 0.1) is 18.8 Å². The number of para-hydroxylation sites is 1.